The zero-order chi connectivity index (χ0) is 46.3. The monoisotopic (exact) mass is 852 g/mol. The smallest absolute Gasteiger partial charge is 0.328 e. The first-order valence-corrected chi connectivity index (χ1v) is 20.8. The Morgan fingerprint density at radius 3 is 1.72 bits per heavy atom. The van der Waals surface area contributed by atoms with Gasteiger partial charge in [0.1, 0.15) is 42.0 Å². The molecule has 4 amide bonds. The van der Waals surface area contributed by atoms with Crippen LogP contribution in [0.5, 0.6) is 0 Å². The summed E-state index contributed by atoms with van der Waals surface area (Å²) in [6, 6.07) is 10.1. The molecule has 0 fully saturated rings. The van der Waals surface area contributed by atoms with Crippen molar-refractivity contribution >= 4 is 41.5 Å². The van der Waals surface area contributed by atoms with Crippen LogP contribution in [0.3, 0.4) is 0 Å². The highest BCUT2D eigenvalue weighted by Crippen LogP contribution is 2.22. The molecular formula is C46H69N5O10. The van der Waals surface area contributed by atoms with Gasteiger partial charge in [-0.1, -0.05) is 89.2 Å². The van der Waals surface area contributed by atoms with Crippen LogP contribution < -0.4 is 27.0 Å². The molecule has 0 aliphatic carbocycles. The second-order valence-electron chi connectivity index (χ2n) is 18.9. The minimum absolute atomic E-state index is 0.00146. The van der Waals surface area contributed by atoms with E-state index < -0.39 is 94.8 Å². The van der Waals surface area contributed by atoms with Gasteiger partial charge >= 0.3 is 17.9 Å². The molecule has 2 aromatic carbocycles. The molecule has 338 valence electrons. The van der Waals surface area contributed by atoms with Gasteiger partial charge in [-0.05, 0) is 89.3 Å². The van der Waals surface area contributed by atoms with Crippen LogP contribution in [0.2, 0.25) is 0 Å². The third-order valence-electron chi connectivity index (χ3n) is 9.10. The largest absolute Gasteiger partial charge is 0.460 e. The number of hydrogen-bond acceptors (Lipinski definition) is 11. The number of carbonyl (C=O) groups excluding carboxylic acids is 7. The number of nitrogens with one attached hydrogen (secondary N) is 4. The van der Waals surface area contributed by atoms with Crippen LogP contribution in [0, 0.1) is 18.3 Å². The third-order valence-corrected chi connectivity index (χ3v) is 9.10. The Bertz CT molecular complexity index is 1810. The van der Waals surface area contributed by atoms with E-state index in [0.29, 0.717) is 5.56 Å². The first kappa shape index (κ1) is 51.8. The van der Waals surface area contributed by atoms with Crippen molar-refractivity contribution in [3.63, 3.8) is 0 Å². The van der Waals surface area contributed by atoms with Crippen molar-refractivity contribution in [2.24, 2.45) is 17.1 Å². The zero-order valence-electron chi connectivity index (χ0n) is 38.1. The van der Waals surface area contributed by atoms with E-state index in [1.807, 2.05) is 63.2 Å². The number of nitrogens with two attached hydrogens (primary N) is 1. The maximum Gasteiger partial charge on any atom is 0.328 e. The average molecular weight is 852 g/mol. The molecule has 2 rings (SSSR count). The summed E-state index contributed by atoms with van der Waals surface area (Å²) in [5.41, 5.74) is 5.86. The minimum Gasteiger partial charge on any atom is -0.460 e. The highest BCUT2D eigenvalue weighted by molar-refractivity contribution is 5.96. The molecule has 15 heteroatoms. The Kier molecular flexibility index (Phi) is 19.6. The lowest BCUT2D eigenvalue weighted by atomic mass is 9.85. The number of benzene rings is 2. The fourth-order valence-electron chi connectivity index (χ4n) is 6.09. The Morgan fingerprint density at radius 2 is 1.16 bits per heavy atom. The van der Waals surface area contributed by atoms with Crippen molar-refractivity contribution in [1.29, 1.82) is 0 Å². The molecule has 0 bridgehead atoms. The third kappa shape index (κ3) is 19.7. The first-order valence-electron chi connectivity index (χ1n) is 20.8. The van der Waals surface area contributed by atoms with Crippen molar-refractivity contribution in [1.82, 2.24) is 21.3 Å². The maximum atomic E-state index is 14.4. The summed E-state index contributed by atoms with van der Waals surface area (Å²) in [5, 5.41) is 10.9. The predicted octanol–water partition coefficient (Wildman–Crippen LogP) is 4.49. The Hall–Kier alpha value is -5.31. The van der Waals surface area contributed by atoms with Crippen LogP contribution in [0.25, 0.3) is 0 Å². The summed E-state index contributed by atoms with van der Waals surface area (Å²) < 4.78 is 16.3. The van der Waals surface area contributed by atoms with Crippen LogP contribution in [0.4, 0.5) is 0 Å². The molecule has 15 nitrogen and oxygen atoms in total. The lowest BCUT2D eigenvalue weighted by Gasteiger charge is -2.33. The van der Waals surface area contributed by atoms with Gasteiger partial charge in [-0.25, -0.2) is 4.79 Å². The van der Waals surface area contributed by atoms with Crippen molar-refractivity contribution in [2.75, 3.05) is 0 Å². The fraction of sp³-hybridized carbons (Fsp3) is 0.587. The molecule has 0 aliphatic rings. The molecule has 2 aromatic rings. The lowest BCUT2D eigenvalue weighted by Crippen LogP contribution is -2.61. The van der Waals surface area contributed by atoms with Gasteiger partial charge in [-0.2, -0.15) is 0 Å². The lowest BCUT2D eigenvalue weighted by molar-refractivity contribution is -0.156. The molecule has 0 spiro atoms. The van der Waals surface area contributed by atoms with Gasteiger partial charge in [0.25, 0.3) is 0 Å². The Morgan fingerprint density at radius 1 is 0.639 bits per heavy atom. The van der Waals surface area contributed by atoms with Crippen LogP contribution in [-0.4, -0.2) is 82.9 Å². The standard InChI is InChI=1S/C46H69N5O10/c1-28(2)24-35(43(58)59-27-30-19-14-13-15-20-30)50-42(57)38(44(4,5)6)51-41(56)34(25-31-21-17-16-18-29(31)3)49-40(55)33(22-23-36(52)60-45(7,8)9)48-39(54)32(47)26-37(53)61-46(10,11)12/h13-21,28,32-35,38H,22-27,47H2,1-12H3,(H,48,54)(H,49,55)(H,50,57)(H,51,56)/t32-,33-,34-,35-,38+/m0/s1. The normalized spacial score (nSPS) is 14.3. The number of esters is 3. The Balaban J connectivity index is 2.44. The topological polar surface area (TPSA) is 221 Å². The van der Waals surface area contributed by atoms with Crippen molar-refractivity contribution in [3.05, 3.63) is 71.3 Å². The van der Waals surface area contributed by atoms with Crippen LogP contribution in [-0.2, 0) is 60.8 Å². The summed E-state index contributed by atoms with van der Waals surface area (Å²) >= 11 is 0. The van der Waals surface area contributed by atoms with E-state index in [4.69, 9.17) is 19.9 Å². The molecule has 6 N–H and O–H groups in total. The molecule has 0 radical (unpaired) electrons. The highest BCUT2D eigenvalue weighted by atomic mass is 16.6. The molecular weight excluding hydrogens is 783 g/mol. The number of aryl methyl sites for hydroxylation is 1. The molecule has 0 heterocycles. The highest BCUT2D eigenvalue weighted by Gasteiger charge is 2.38. The van der Waals surface area contributed by atoms with Gasteiger partial charge < -0.3 is 41.2 Å². The number of hydrogen-bond donors (Lipinski definition) is 5. The van der Waals surface area contributed by atoms with E-state index in [1.165, 1.54) is 0 Å². The molecule has 61 heavy (non-hydrogen) atoms. The van der Waals surface area contributed by atoms with Gasteiger partial charge in [0.2, 0.25) is 23.6 Å². The van der Waals surface area contributed by atoms with Gasteiger partial charge in [0, 0.05) is 12.8 Å². The van der Waals surface area contributed by atoms with E-state index in [0.717, 1.165) is 11.1 Å². The van der Waals surface area contributed by atoms with E-state index >= 15 is 0 Å². The second-order valence-corrected chi connectivity index (χ2v) is 18.9. The van der Waals surface area contributed by atoms with E-state index in [-0.39, 0.29) is 38.2 Å². The quantitative estimate of drug-likeness (QED) is 0.0923. The van der Waals surface area contributed by atoms with Crippen molar-refractivity contribution in [3.8, 4) is 0 Å². The predicted molar refractivity (Wildman–Crippen MR) is 231 cm³/mol. The average Bonchev–Trinajstić information content (AvgIpc) is 3.12. The van der Waals surface area contributed by atoms with Crippen molar-refractivity contribution in [2.45, 2.75) is 163 Å². The molecule has 0 saturated carbocycles. The molecule has 0 aromatic heterocycles. The van der Waals surface area contributed by atoms with E-state index in [1.54, 1.807) is 74.4 Å². The first-order chi connectivity index (χ1) is 28.1. The number of carbonyl (C=O) groups is 7. The second kappa shape index (κ2) is 23.1. The SMILES string of the molecule is Cc1ccccc1C[C@H](NC(=O)[C@H](CCC(=O)OC(C)(C)C)NC(=O)[C@@H](N)CC(=O)OC(C)(C)C)C(=O)N[C@H](C(=O)N[C@@H](CC(C)C)C(=O)OCc1ccccc1)C(C)(C)C. The molecule has 0 saturated heterocycles. The van der Waals surface area contributed by atoms with Crippen LogP contribution >= 0.6 is 0 Å². The number of rotatable bonds is 20. The molecule has 0 aliphatic heterocycles. The van der Waals surface area contributed by atoms with E-state index in [2.05, 4.69) is 21.3 Å². The Labute approximate surface area is 361 Å². The van der Waals surface area contributed by atoms with Crippen LogP contribution in [0.15, 0.2) is 54.6 Å². The van der Waals surface area contributed by atoms with Gasteiger partial charge in [-0.3, -0.25) is 28.8 Å². The summed E-state index contributed by atoms with van der Waals surface area (Å²) in [5.74, 6) is -5.03. The van der Waals surface area contributed by atoms with Gasteiger partial charge in [-0.15, -0.1) is 0 Å². The van der Waals surface area contributed by atoms with Crippen molar-refractivity contribution < 1.29 is 47.8 Å². The van der Waals surface area contributed by atoms with E-state index in [9.17, 15) is 33.6 Å². The number of ether oxygens (including phenoxy) is 3. The maximum absolute atomic E-state index is 14.4. The molecule has 5 atom stereocenters. The summed E-state index contributed by atoms with van der Waals surface area (Å²) in [6.07, 6.45) is -0.762. The van der Waals surface area contributed by atoms with Crippen LogP contribution in [0.1, 0.15) is 119 Å². The van der Waals surface area contributed by atoms with Gasteiger partial charge in [0.15, 0.2) is 0 Å². The minimum atomic E-state index is -1.41. The molecule has 0 unspecified atom stereocenters. The summed E-state index contributed by atoms with van der Waals surface area (Å²) in [7, 11) is 0. The van der Waals surface area contributed by atoms with Gasteiger partial charge in [0.05, 0.1) is 12.5 Å². The zero-order valence-corrected chi connectivity index (χ0v) is 38.1. The number of amides is 4. The fourth-order valence-corrected chi connectivity index (χ4v) is 6.09. The summed E-state index contributed by atoms with van der Waals surface area (Å²) in [4.78, 5) is 94.6. The summed E-state index contributed by atoms with van der Waals surface area (Å²) in [6.45, 7) is 21.0.